The molecule has 1 aromatic carbocycles. The van der Waals surface area contributed by atoms with Crippen molar-refractivity contribution in [2.45, 2.75) is 32.1 Å². The Bertz CT molecular complexity index is 327. The molecule has 0 saturated heterocycles. The van der Waals surface area contributed by atoms with E-state index in [0.29, 0.717) is 0 Å². The highest BCUT2D eigenvalue weighted by atomic mass is 14.4. The predicted octanol–water partition coefficient (Wildman–Crippen LogP) is 3.37. The van der Waals surface area contributed by atoms with Crippen LogP contribution in [0, 0.1) is 11.8 Å². The summed E-state index contributed by atoms with van der Waals surface area (Å²) in [5, 5.41) is 0. The van der Waals surface area contributed by atoms with E-state index >= 15 is 0 Å². The fraction of sp³-hybridized carbons (Fsp3) is 0.538. The van der Waals surface area contributed by atoms with Crippen LogP contribution in [-0.2, 0) is 6.42 Å². The molecular weight excluding hydrogens is 156 g/mol. The maximum Gasteiger partial charge on any atom is -0.0125 e. The minimum atomic E-state index is 0.909. The third-order valence-electron chi connectivity index (χ3n) is 4.09. The Kier molecular flexibility index (Phi) is 1.52. The van der Waals surface area contributed by atoms with Gasteiger partial charge in [0.1, 0.15) is 0 Å². The van der Waals surface area contributed by atoms with Crippen molar-refractivity contribution in [3.8, 4) is 0 Å². The van der Waals surface area contributed by atoms with Crippen LogP contribution in [0.5, 0.6) is 0 Å². The molecule has 1 saturated carbocycles. The summed E-state index contributed by atoms with van der Waals surface area (Å²) in [5.41, 5.74) is 3.29. The van der Waals surface area contributed by atoms with Gasteiger partial charge in [0.15, 0.2) is 0 Å². The highest BCUT2D eigenvalue weighted by molar-refractivity contribution is 5.37. The minimum absolute atomic E-state index is 0.909. The van der Waals surface area contributed by atoms with Crippen molar-refractivity contribution < 1.29 is 0 Å². The summed E-state index contributed by atoms with van der Waals surface area (Å²) >= 11 is 0. The predicted molar refractivity (Wildman–Crippen MR) is 54.8 cm³/mol. The molecule has 0 nitrogen and oxygen atoms in total. The Balaban J connectivity index is 2.05. The molecule has 3 rings (SSSR count). The van der Waals surface area contributed by atoms with Gasteiger partial charge in [-0.2, -0.15) is 0 Å². The summed E-state index contributed by atoms with van der Waals surface area (Å²) in [6, 6.07) is 9.05. The summed E-state index contributed by atoms with van der Waals surface area (Å²) < 4.78 is 0. The molecule has 3 atom stereocenters. The van der Waals surface area contributed by atoms with E-state index in [1.807, 2.05) is 0 Å². The molecule has 2 aliphatic carbocycles. The Hall–Kier alpha value is -0.780. The largest absolute Gasteiger partial charge is 0.0622 e. The number of hydrogen-bond acceptors (Lipinski definition) is 0. The highest BCUT2D eigenvalue weighted by Gasteiger charge is 2.39. The van der Waals surface area contributed by atoms with E-state index in [4.69, 9.17) is 0 Å². The Morgan fingerprint density at radius 1 is 1.15 bits per heavy atom. The van der Waals surface area contributed by atoms with Crippen LogP contribution in [0.4, 0.5) is 0 Å². The average molecular weight is 172 g/mol. The lowest BCUT2D eigenvalue weighted by molar-refractivity contribution is 0.411. The van der Waals surface area contributed by atoms with Gasteiger partial charge in [-0.15, -0.1) is 0 Å². The van der Waals surface area contributed by atoms with Crippen molar-refractivity contribution >= 4 is 0 Å². The molecule has 0 bridgehead atoms. The fourth-order valence-electron chi connectivity index (χ4n) is 3.33. The van der Waals surface area contributed by atoms with E-state index in [1.54, 1.807) is 11.1 Å². The molecule has 2 aliphatic rings. The van der Waals surface area contributed by atoms with Crippen LogP contribution in [0.3, 0.4) is 0 Å². The molecule has 0 aromatic heterocycles. The van der Waals surface area contributed by atoms with Gasteiger partial charge >= 0.3 is 0 Å². The van der Waals surface area contributed by atoms with Crippen LogP contribution in [0.15, 0.2) is 24.3 Å². The van der Waals surface area contributed by atoms with Gasteiger partial charge in [-0.25, -0.2) is 0 Å². The topological polar surface area (TPSA) is 0 Å². The van der Waals surface area contributed by atoms with Gasteiger partial charge in [-0.05, 0) is 48.1 Å². The highest BCUT2D eigenvalue weighted by Crippen LogP contribution is 2.50. The average Bonchev–Trinajstić information content (AvgIpc) is 2.67. The van der Waals surface area contributed by atoms with Crippen molar-refractivity contribution in [1.82, 2.24) is 0 Å². The molecular formula is C13H16. The Morgan fingerprint density at radius 2 is 2.00 bits per heavy atom. The van der Waals surface area contributed by atoms with E-state index < -0.39 is 0 Å². The first-order valence-electron chi connectivity index (χ1n) is 5.44. The molecule has 13 heavy (non-hydrogen) atoms. The minimum Gasteiger partial charge on any atom is -0.0622 e. The Labute approximate surface area is 80.0 Å². The van der Waals surface area contributed by atoms with E-state index in [1.165, 1.54) is 19.3 Å². The van der Waals surface area contributed by atoms with Gasteiger partial charge in [0.2, 0.25) is 0 Å². The maximum atomic E-state index is 2.43. The van der Waals surface area contributed by atoms with Crippen LogP contribution in [0.25, 0.3) is 0 Å². The van der Waals surface area contributed by atoms with E-state index in [-0.39, 0.29) is 0 Å². The summed E-state index contributed by atoms with van der Waals surface area (Å²) in [7, 11) is 0. The summed E-state index contributed by atoms with van der Waals surface area (Å²) in [5.74, 6) is 2.83. The Morgan fingerprint density at radius 3 is 2.92 bits per heavy atom. The van der Waals surface area contributed by atoms with Gasteiger partial charge in [0.05, 0.1) is 0 Å². The van der Waals surface area contributed by atoms with Crippen LogP contribution in [0.1, 0.15) is 36.8 Å². The first-order valence-corrected chi connectivity index (χ1v) is 5.44. The standard InChI is InChI=1S/C13H16/c1-9-6-7-12-11-5-3-2-4-10(11)8-13(9)12/h2-5,9,12-13H,6-8H2,1H3. The van der Waals surface area contributed by atoms with Crippen molar-refractivity contribution in [2.75, 3.05) is 0 Å². The first-order chi connectivity index (χ1) is 6.36. The number of benzene rings is 1. The van der Waals surface area contributed by atoms with Gasteiger partial charge in [-0.1, -0.05) is 31.2 Å². The van der Waals surface area contributed by atoms with Crippen LogP contribution in [0.2, 0.25) is 0 Å². The zero-order chi connectivity index (χ0) is 8.84. The summed E-state index contributed by atoms with van der Waals surface area (Å²) in [4.78, 5) is 0. The van der Waals surface area contributed by atoms with Gasteiger partial charge in [-0.3, -0.25) is 0 Å². The zero-order valence-corrected chi connectivity index (χ0v) is 8.16. The number of rotatable bonds is 0. The van der Waals surface area contributed by atoms with Gasteiger partial charge in [0.25, 0.3) is 0 Å². The van der Waals surface area contributed by atoms with Gasteiger partial charge in [0, 0.05) is 0 Å². The monoisotopic (exact) mass is 172 g/mol. The van der Waals surface area contributed by atoms with Gasteiger partial charge < -0.3 is 0 Å². The second kappa shape index (κ2) is 2.60. The second-order valence-corrected chi connectivity index (χ2v) is 4.73. The lowest BCUT2D eigenvalue weighted by Crippen LogP contribution is -2.06. The molecule has 0 amide bonds. The van der Waals surface area contributed by atoms with E-state index in [9.17, 15) is 0 Å². The number of fused-ring (bicyclic) bond motifs is 3. The zero-order valence-electron chi connectivity index (χ0n) is 8.16. The van der Waals surface area contributed by atoms with Crippen molar-refractivity contribution in [3.63, 3.8) is 0 Å². The normalized spacial score (nSPS) is 35.9. The van der Waals surface area contributed by atoms with Crippen LogP contribution >= 0.6 is 0 Å². The van der Waals surface area contributed by atoms with Crippen molar-refractivity contribution in [1.29, 1.82) is 0 Å². The molecule has 1 aromatic rings. The van der Waals surface area contributed by atoms with Crippen molar-refractivity contribution in [3.05, 3.63) is 35.4 Å². The lowest BCUT2D eigenvalue weighted by atomic mass is 9.92. The van der Waals surface area contributed by atoms with Crippen molar-refractivity contribution in [2.24, 2.45) is 11.8 Å². The molecule has 0 radical (unpaired) electrons. The molecule has 3 unspecified atom stereocenters. The molecule has 0 heterocycles. The van der Waals surface area contributed by atoms with Crippen LogP contribution in [-0.4, -0.2) is 0 Å². The molecule has 0 aliphatic heterocycles. The SMILES string of the molecule is CC1CCC2c3ccccc3CC12. The fourth-order valence-corrected chi connectivity index (χ4v) is 3.33. The summed E-state index contributed by atoms with van der Waals surface area (Å²) in [6.07, 6.45) is 4.23. The first kappa shape index (κ1) is 7.61. The maximum absolute atomic E-state index is 2.43. The smallest absolute Gasteiger partial charge is 0.0125 e. The third-order valence-corrected chi connectivity index (χ3v) is 4.09. The molecule has 0 spiro atoms. The van der Waals surface area contributed by atoms with Crippen LogP contribution < -0.4 is 0 Å². The molecule has 1 fully saturated rings. The third kappa shape index (κ3) is 0.979. The summed E-state index contributed by atoms with van der Waals surface area (Å²) in [6.45, 7) is 2.43. The second-order valence-electron chi connectivity index (χ2n) is 4.73. The molecule has 0 heteroatoms. The molecule has 0 N–H and O–H groups in total. The quantitative estimate of drug-likeness (QED) is 0.563. The lowest BCUT2D eigenvalue weighted by Gasteiger charge is -2.13. The van der Waals surface area contributed by atoms with E-state index in [2.05, 4.69) is 31.2 Å². The number of hydrogen-bond donors (Lipinski definition) is 0. The molecule has 68 valence electrons. The van der Waals surface area contributed by atoms with E-state index in [0.717, 1.165) is 17.8 Å².